The summed E-state index contributed by atoms with van der Waals surface area (Å²) in [5.41, 5.74) is 0. The van der Waals surface area contributed by atoms with Gasteiger partial charge in [0.1, 0.15) is 0 Å². The molecule has 0 spiro atoms. The monoisotopic (exact) mass is 626 g/mol. The van der Waals surface area contributed by atoms with Gasteiger partial charge in [-0.15, -0.1) is 0 Å². The SMILES string of the molecule is O=S(=O)([O-])C(F)(F)C(F)(F)C(F)(F)C(F)(F)C(F)(F)C(F)(F)C(F)(F)C(F)(F)F.[I+]. The van der Waals surface area contributed by atoms with Gasteiger partial charge in [-0.1, -0.05) is 0 Å². The second kappa shape index (κ2) is 7.50. The number of hydrogen-bond donors (Lipinski definition) is 0. The molecule has 0 unspecified atom stereocenters. The topological polar surface area (TPSA) is 57.2 Å². The van der Waals surface area contributed by atoms with Gasteiger partial charge in [0.15, 0.2) is 10.1 Å². The van der Waals surface area contributed by atoms with Gasteiger partial charge in [-0.05, 0) is 0 Å². The first-order valence-corrected chi connectivity index (χ1v) is 7.08. The van der Waals surface area contributed by atoms with E-state index in [0.29, 0.717) is 0 Å². The molecule has 0 bridgehead atoms. The maximum absolute atomic E-state index is 13.0. The molecule has 0 fully saturated rings. The van der Waals surface area contributed by atoms with E-state index in [4.69, 9.17) is 0 Å². The Bertz CT molecular complexity index is 739. The van der Waals surface area contributed by atoms with Crippen LogP contribution in [0.5, 0.6) is 0 Å². The lowest BCUT2D eigenvalue weighted by atomic mass is 9.91. The van der Waals surface area contributed by atoms with E-state index in [0.717, 1.165) is 0 Å². The van der Waals surface area contributed by atoms with E-state index < -0.39 is 57.1 Å². The molecule has 0 aliphatic carbocycles. The highest BCUT2D eigenvalue weighted by molar-refractivity contribution is 7.86. The van der Waals surface area contributed by atoms with E-state index in [-0.39, 0.29) is 24.0 Å². The van der Waals surface area contributed by atoms with Crippen molar-refractivity contribution in [1.82, 2.24) is 0 Å². The van der Waals surface area contributed by atoms with Crippen molar-refractivity contribution in [2.45, 2.75) is 47.0 Å². The quantitative estimate of drug-likeness (QED) is 0.245. The van der Waals surface area contributed by atoms with Gasteiger partial charge >= 0.3 is 70.9 Å². The van der Waals surface area contributed by atoms with Gasteiger partial charge in [-0.2, -0.15) is 74.6 Å². The van der Waals surface area contributed by atoms with Crippen LogP contribution >= 0.6 is 0 Å². The van der Waals surface area contributed by atoms with Crippen molar-refractivity contribution >= 4 is 10.1 Å². The van der Waals surface area contributed by atoms with Crippen molar-refractivity contribution in [2.24, 2.45) is 0 Å². The highest BCUT2D eigenvalue weighted by Gasteiger charge is 2.95. The molecule has 0 amide bonds. The summed E-state index contributed by atoms with van der Waals surface area (Å²) in [5.74, 6) is -52.1. The third kappa shape index (κ3) is 3.76. The molecule has 0 atom stereocenters. The Hall–Kier alpha value is -0.550. The Labute approximate surface area is 169 Å². The largest absolute Gasteiger partial charge is 1.00 e. The third-order valence-electron chi connectivity index (χ3n) is 3.01. The van der Waals surface area contributed by atoms with E-state index in [1.807, 2.05) is 0 Å². The smallest absolute Gasteiger partial charge is 0.743 e. The molecule has 182 valence electrons. The fourth-order valence-corrected chi connectivity index (χ4v) is 1.75. The minimum atomic E-state index is -8.92. The number of alkyl halides is 17. The molecule has 22 heteroatoms. The number of rotatable bonds is 7. The molecule has 0 aromatic heterocycles. The molecule has 30 heavy (non-hydrogen) atoms. The summed E-state index contributed by atoms with van der Waals surface area (Å²) in [6.45, 7) is 0. The zero-order valence-corrected chi connectivity index (χ0v) is 15.4. The maximum atomic E-state index is 13.0. The van der Waals surface area contributed by atoms with Crippen molar-refractivity contribution in [3.63, 3.8) is 0 Å². The van der Waals surface area contributed by atoms with Crippen LogP contribution in [0, 0.1) is 0 Å². The molecule has 0 aromatic carbocycles. The average Bonchev–Trinajstić information content (AvgIpc) is 2.43. The van der Waals surface area contributed by atoms with Crippen LogP contribution < -0.4 is 24.0 Å². The third-order valence-corrected chi connectivity index (χ3v) is 3.89. The lowest BCUT2D eigenvalue weighted by Crippen LogP contribution is -3.00. The van der Waals surface area contributed by atoms with Crippen LogP contribution in [0.2, 0.25) is 0 Å². The summed E-state index contributed by atoms with van der Waals surface area (Å²) in [5, 5.41) is -7.95. The van der Waals surface area contributed by atoms with Crippen molar-refractivity contribution < 1.29 is 112 Å². The minimum Gasteiger partial charge on any atom is -0.743 e. The molecule has 0 rings (SSSR count). The van der Waals surface area contributed by atoms with Crippen molar-refractivity contribution in [2.75, 3.05) is 0 Å². The second-order valence-corrected chi connectivity index (χ2v) is 6.34. The Morgan fingerprint density at radius 1 is 0.433 bits per heavy atom. The van der Waals surface area contributed by atoms with Gasteiger partial charge < -0.3 is 4.55 Å². The van der Waals surface area contributed by atoms with Crippen molar-refractivity contribution in [1.29, 1.82) is 0 Å². The normalized spacial score (nSPS) is 16.3. The van der Waals surface area contributed by atoms with Crippen LogP contribution in [0.15, 0.2) is 0 Å². The summed E-state index contributed by atoms with van der Waals surface area (Å²) < 4.78 is 244. The predicted molar refractivity (Wildman–Crippen MR) is 50.4 cm³/mol. The molecule has 0 aromatic rings. The Kier molecular flexibility index (Phi) is 7.91. The Morgan fingerprint density at radius 2 is 0.633 bits per heavy atom. The van der Waals surface area contributed by atoms with Gasteiger partial charge in [0.2, 0.25) is 0 Å². The van der Waals surface area contributed by atoms with Crippen LogP contribution in [0.1, 0.15) is 0 Å². The maximum Gasteiger partial charge on any atom is 1.00 e. The van der Waals surface area contributed by atoms with E-state index >= 15 is 0 Å². The summed E-state index contributed by atoms with van der Waals surface area (Å²) >= 11 is 0. The van der Waals surface area contributed by atoms with Crippen molar-refractivity contribution in [3.8, 4) is 0 Å². The van der Waals surface area contributed by atoms with Gasteiger partial charge in [-0.25, -0.2) is 8.42 Å². The van der Waals surface area contributed by atoms with Crippen molar-refractivity contribution in [3.05, 3.63) is 0 Å². The molecular weight excluding hydrogens is 626 g/mol. The van der Waals surface area contributed by atoms with Crippen LogP contribution in [-0.2, 0) is 10.1 Å². The lowest BCUT2D eigenvalue weighted by Gasteiger charge is -2.42. The summed E-state index contributed by atoms with van der Waals surface area (Å²) in [4.78, 5) is 0. The standard InChI is InChI=1S/C8HF17O3S.I/c9-1(10,3(13,14)5(17,18)7(21,22)23)2(11,12)4(15,16)6(19,20)8(24,25)29(26,27)28;/h(H,26,27,28);/q;+1/p-1. The summed E-state index contributed by atoms with van der Waals surface area (Å²) in [6.07, 6.45) is -7.89. The molecule has 0 saturated heterocycles. The first-order valence-electron chi connectivity index (χ1n) is 5.67. The molecule has 0 heterocycles. The Morgan fingerprint density at radius 3 is 0.833 bits per heavy atom. The molecule has 0 aliphatic rings. The molecule has 0 saturated carbocycles. The highest BCUT2D eigenvalue weighted by atomic mass is 127. The lowest BCUT2D eigenvalue weighted by molar-refractivity contribution is -0.458. The minimum absolute atomic E-state index is 0. The number of halogens is 18. The first-order chi connectivity index (χ1) is 12.0. The molecule has 0 aliphatic heterocycles. The fraction of sp³-hybridized carbons (Fsp3) is 1.00. The summed E-state index contributed by atoms with van der Waals surface area (Å²) in [7, 11) is -8.14. The first kappa shape index (κ1) is 31.6. The Balaban J connectivity index is 0. The number of hydrogen-bond acceptors (Lipinski definition) is 3. The predicted octanol–water partition coefficient (Wildman–Crippen LogP) is 1.50. The highest BCUT2D eigenvalue weighted by Crippen LogP contribution is 2.64. The zero-order valence-electron chi connectivity index (χ0n) is 12.4. The zero-order chi connectivity index (χ0) is 24.5. The van der Waals surface area contributed by atoms with E-state index in [2.05, 4.69) is 0 Å². The van der Waals surface area contributed by atoms with Crippen LogP contribution in [0.4, 0.5) is 74.6 Å². The van der Waals surface area contributed by atoms with Crippen LogP contribution in [0.3, 0.4) is 0 Å². The molecule has 3 nitrogen and oxygen atoms in total. The van der Waals surface area contributed by atoms with Gasteiger partial charge in [0, 0.05) is 0 Å². The van der Waals surface area contributed by atoms with E-state index in [1.165, 1.54) is 0 Å². The molecule has 2 radical (unpaired) electrons. The molecular formula is C8F17IO3S. The average molecular weight is 626 g/mol. The van der Waals surface area contributed by atoms with Crippen LogP contribution in [0.25, 0.3) is 0 Å². The summed E-state index contributed by atoms with van der Waals surface area (Å²) in [6, 6.07) is 0. The van der Waals surface area contributed by atoms with E-state index in [9.17, 15) is 87.6 Å². The van der Waals surface area contributed by atoms with Gasteiger partial charge in [0.25, 0.3) is 0 Å². The second-order valence-electron chi connectivity index (χ2n) is 4.92. The van der Waals surface area contributed by atoms with Gasteiger partial charge in [0.05, 0.1) is 0 Å². The fourth-order valence-electron chi connectivity index (χ4n) is 1.31. The van der Waals surface area contributed by atoms with Gasteiger partial charge in [-0.3, -0.25) is 0 Å². The van der Waals surface area contributed by atoms with Crippen LogP contribution in [-0.4, -0.2) is 59.9 Å². The van der Waals surface area contributed by atoms with E-state index in [1.54, 1.807) is 0 Å². The molecule has 0 N–H and O–H groups in total.